The molecule has 4 heteroatoms. The van der Waals surface area contributed by atoms with Crippen LogP contribution in [-0.4, -0.2) is 34.5 Å². The van der Waals surface area contributed by atoms with Gasteiger partial charge in [0.2, 0.25) is 11.8 Å². The van der Waals surface area contributed by atoms with Gasteiger partial charge in [-0.2, -0.15) is 0 Å². The molecule has 1 aromatic rings. The van der Waals surface area contributed by atoms with E-state index < -0.39 is 6.10 Å². The second-order valence-electron chi connectivity index (χ2n) is 4.95. The quantitative estimate of drug-likeness (QED) is 0.821. The smallest absolute Gasteiger partial charge is 0.237 e. The van der Waals surface area contributed by atoms with E-state index in [2.05, 4.69) is 0 Å². The molecule has 2 unspecified atom stereocenters. The van der Waals surface area contributed by atoms with Crippen molar-refractivity contribution in [1.29, 1.82) is 0 Å². The monoisotopic (exact) mass is 261 g/mol. The van der Waals surface area contributed by atoms with Crippen LogP contribution in [0.1, 0.15) is 37.7 Å². The van der Waals surface area contributed by atoms with Gasteiger partial charge in [-0.3, -0.25) is 14.5 Å². The number of imide groups is 1. The van der Waals surface area contributed by atoms with Crippen LogP contribution in [0.3, 0.4) is 0 Å². The molecule has 2 atom stereocenters. The van der Waals surface area contributed by atoms with Crippen LogP contribution in [0, 0.1) is 0 Å². The highest BCUT2D eigenvalue weighted by atomic mass is 16.3. The van der Waals surface area contributed by atoms with Crippen molar-refractivity contribution >= 4 is 11.8 Å². The lowest BCUT2D eigenvalue weighted by Crippen LogP contribution is -2.37. The van der Waals surface area contributed by atoms with E-state index in [1.807, 2.05) is 37.3 Å². The van der Waals surface area contributed by atoms with E-state index in [4.69, 9.17) is 0 Å². The molecule has 1 saturated heterocycles. The maximum atomic E-state index is 12.3. The molecule has 2 amide bonds. The molecule has 0 aliphatic carbocycles. The molecule has 102 valence electrons. The van der Waals surface area contributed by atoms with Gasteiger partial charge in [-0.15, -0.1) is 0 Å². The van der Waals surface area contributed by atoms with Crippen LogP contribution in [0.4, 0.5) is 0 Å². The number of carbonyl (C=O) groups is 2. The van der Waals surface area contributed by atoms with Crippen LogP contribution >= 0.6 is 0 Å². The highest BCUT2D eigenvalue weighted by Gasteiger charge is 2.39. The number of aliphatic hydroxyl groups is 1. The van der Waals surface area contributed by atoms with E-state index in [9.17, 15) is 14.7 Å². The molecule has 1 heterocycles. The Morgan fingerprint density at radius 3 is 2.63 bits per heavy atom. The maximum Gasteiger partial charge on any atom is 0.237 e. The number of likely N-dealkylation sites (tertiary alicyclic amines) is 1. The normalized spacial score (nSPS) is 20.9. The summed E-state index contributed by atoms with van der Waals surface area (Å²) in [4.78, 5) is 25.4. The minimum Gasteiger partial charge on any atom is -0.391 e. The molecule has 0 spiro atoms. The van der Waals surface area contributed by atoms with E-state index in [0.717, 1.165) is 12.0 Å². The molecule has 1 fully saturated rings. The molecule has 1 aliphatic heterocycles. The molecule has 0 radical (unpaired) electrons. The van der Waals surface area contributed by atoms with Crippen LogP contribution in [0.25, 0.3) is 0 Å². The molecule has 0 saturated carbocycles. The summed E-state index contributed by atoms with van der Waals surface area (Å²) in [6, 6.07) is 9.33. The Morgan fingerprint density at radius 1 is 1.32 bits per heavy atom. The van der Waals surface area contributed by atoms with E-state index in [1.165, 1.54) is 4.90 Å². The standard InChI is InChI=1S/C15H19NO3/c1-2-6-12(17)10-16-14(18)9-13(15(16)19)11-7-4-3-5-8-11/h3-5,7-8,12-13,17H,2,6,9-10H2,1H3. The summed E-state index contributed by atoms with van der Waals surface area (Å²) < 4.78 is 0. The van der Waals surface area contributed by atoms with Crippen LogP contribution in [0.15, 0.2) is 30.3 Å². The van der Waals surface area contributed by atoms with Crippen LogP contribution in [-0.2, 0) is 9.59 Å². The van der Waals surface area contributed by atoms with Gasteiger partial charge >= 0.3 is 0 Å². The van der Waals surface area contributed by atoms with Gasteiger partial charge < -0.3 is 5.11 Å². The summed E-state index contributed by atoms with van der Waals surface area (Å²) in [5.74, 6) is -0.761. The number of aliphatic hydroxyl groups excluding tert-OH is 1. The molecular weight excluding hydrogens is 242 g/mol. The van der Waals surface area contributed by atoms with Crippen LogP contribution in [0.2, 0.25) is 0 Å². The number of benzene rings is 1. The number of nitrogens with zero attached hydrogens (tertiary/aromatic N) is 1. The van der Waals surface area contributed by atoms with E-state index in [1.54, 1.807) is 0 Å². The zero-order chi connectivity index (χ0) is 13.8. The van der Waals surface area contributed by atoms with Crippen molar-refractivity contribution in [2.75, 3.05) is 6.54 Å². The predicted octanol–water partition coefficient (Wildman–Crippen LogP) is 1.69. The molecule has 2 rings (SSSR count). The molecule has 0 aromatic heterocycles. The number of rotatable bonds is 5. The second-order valence-corrected chi connectivity index (χ2v) is 4.95. The summed E-state index contributed by atoms with van der Waals surface area (Å²) in [5.41, 5.74) is 0.869. The molecular formula is C15H19NO3. The van der Waals surface area contributed by atoms with Crippen molar-refractivity contribution in [2.45, 2.75) is 38.2 Å². The van der Waals surface area contributed by atoms with Crippen molar-refractivity contribution in [3.8, 4) is 0 Å². The minimum atomic E-state index is -0.618. The van der Waals surface area contributed by atoms with Crippen molar-refractivity contribution in [3.63, 3.8) is 0 Å². The van der Waals surface area contributed by atoms with Gasteiger partial charge in [0, 0.05) is 6.42 Å². The third kappa shape index (κ3) is 3.01. The fourth-order valence-corrected chi connectivity index (χ4v) is 2.46. The van der Waals surface area contributed by atoms with E-state index in [-0.39, 0.29) is 30.7 Å². The van der Waals surface area contributed by atoms with E-state index in [0.29, 0.717) is 6.42 Å². The first-order valence-corrected chi connectivity index (χ1v) is 6.70. The van der Waals surface area contributed by atoms with Gasteiger partial charge in [0.05, 0.1) is 18.6 Å². The lowest BCUT2D eigenvalue weighted by Gasteiger charge is -2.18. The van der Waals surface area contributed by atoms with Crippen LogP contribution in [0.5, 0.6) is 0 Å². The number of carbonyl (C=O) groups excluding carboxylic acids is 2. The summed E-state index contributed by atoms with van der Waals surface area (Å²) in [6.45, 7) is 2.08. The Hall–Kier alpha value is -1.68. The first-order valence-electron chi connectivity index (χ1n) is 6.70. The van der Waals surface area contributed by atoms with Gasteiger partial charge in [0.25, 0.3) is 0 Å². The maximum absolute atomic E-state index is 12.3. The molecule has 0 bridgehead atoms. The van der Waals surface area contributed by atoms with Crippen LogP contribution < -0.4 is 0 Å². The summed E-state index contributed by atoms with van der Waals surface area (Å²) in [6.07, 6.45) is 1.03. The number of amides is 2. The Morgan fingerprint density at radius 2 is 2.00 bits per heavy atom. The SMILES string of the molecule is CCCC(O)CN1C(=O)CC(c2ccccc2)C1=O. The Bertz CT molecular complexity index is 458. The minimum absolute atomic E-state index is 0.120. The van der Waals surface area contributed by atoms with Gasteiger partial charge in [-0.25, -0.2) is 0 Å². The van der Waals surface area contributed by atoms with Crippen molar-refractivity contribution in [1.82, 2.24) is 4.90 Å². The highest BCUT2D eigenvalue weighted by molar-refractivity contribution is 6.06. The first kappa shape index (κ1) is 13.7. The molecule has 1 aromatic carbocycles. The largest absolute Gasteiger partial charge is 0.391 e. The highest BCUT2D eigenvalue weighted by Crippen LogP contribution is 2.29. The van der Waals surface area contributed by atoms with Gasteiger partial charge in [0.15, 0.2) is 0 Å². The third-order valence-electron chi connectivity index (χ3n) is 3.46. The first-order chi connectivity index (χ1) is 9.13. The van der Waals surface area contributed by atoms with E-state index >= 15 is 0 Å². The number of hydrogen-bond acceptors (Lipinski definition) is 3. The zero-order valence-electron chi connectivity index (χ0n) is 11.1. The van der Waals surface area contributed by atoms with Crippen molar-refractivity contribution < 1.29 is 14.7 Å². The molecule has 19 heavy (non-hydrogen) atoms. The van der Waals surface area contributed by atoms with Gasteiger partial charge in [-0.05, 0) is 12.0 Å². The third-order valence-corrected chi connectivity index (χ3v) is 3.46. The van der Waals surface area contributed by atoms with Gasteiger partial charge in [0.1, 0.15) is 0 Å². The predicted molar refractivity (Wildman–Crippen MR) is 71.4 cm³/mol. The molecule has 4 nitrogen and oxygen atoms in total. The fourth-order valence-electron chi connectivity index (χ4n) is 2.46. The fraction of sp³-hybridized carbons (Fsp3) is 0.467. The number of β-amino-alcohol motifs (C(OH)–C–C–N with tert-alkyl or cyclic N) is 1. The Balaban J connectivity index is 2.08. The van der Waals surface area contributed by atoms with Gasteiger partial charge in [-0.1, -0.05) is 43.7 Å². The van der Waals surface area contributed by atoms with Crippen molar-refractivity contribution in [3.05, 3.63) is 35.9 Å². The second kappa shape index (κ2) is 5.97. The topological polar surface area (TPSA) is 57.6 Å². The zero-order valence-corrected chi connectivity index (χ0v) is 11.1. The average molecular weight is 261 g/mol. The Labute approximate surface area is 113 Å². The average Bonchev–Trinajstić information content (AvgIpc) is 2.68. The lowest BCUT2D eigenvalue weighted by molar-refractivity contribution is -0.140. The summed E-state index contributed by atoms with van der Waals surface area (Å²) in [5, 5.41) is 9.76. The lowest BCUT2D eigenvalue weighted by atomic mass is 9.98. The summed E-state index contributed by atoms with van der Waals surface area (Å²) >= 11 is 0. The Kier molecular flexibility index (Phi) is 4.32. The van der Waals surface area contributed by atoms with Crippen molar-refractivity contribution in [2.24, 2.45) is 0 Å². The molecule has 1 aliphatic rings. The number of hydrogen-bond donors (Lipinski definition) is 1. The molecule has 1 N–H and O–H groups in total. The summed E-state index contributed by atoms with van der Waals surface area (Å²) in [7, 11) is 0.